The molecular weight excluding hydrogens is 378 g/mol. The van der Waals surface area contributed by atoms with Gasteiger partial charge in [0.1, 0.15) is 21.9 Å². The van der Waals surface area contributed by atoms with Gasteiger partial charge in [0.05, 0.1) is 17.9 Å². The summed E-state index contributed by atoms with van der Waals surface area (Å²) in [6, 6.07) is 16.1. The quantitative estimate of drug-likeness (QED) is 0.516. The van der Waals surface area contributed by atoms with E-state index >= 15 is 0 Å². The molecule has 0 aliphatic rings. The molecule has 0 unspecified atom stereocenters. The standard InChI is InChI=1S/C20H16ClN5O2/c1-2-28-15-8-6-14(7-9-15)26-24-17-10-5-13(12-18(17)25-26)23-20(27)16-4-3-11-22-19(16)21/h3-12H,2H2,1H3,(H,23,27). The van der Waals surface area contributed by atoms with Gasteiger partial charge in [-0.1, -0.05) is 11.6 Å². The third-order valence-electron chi connectivity index (χ3n) is 4.02. The predicted octanol–water partition coefficient (Wildman–Crippen LogP) is 4.12. The molecule has 2 aromatic heterocycles. The molecule has 28 heavy (non-hydrogen) atoms. The van der Waals surface area contributed by atoms with E-state index in [4.69, 9.17) is 16.3 Å². The van der Waals surface area contributed by atoms with Gasteiger partial charge in [0.15, 0.2) is 0 Å². The summed E-state index contributed by atoms with van der Waals surface area (Å²) in [5, 5.41) is 11.9. The van der Waals surface area contributed by atoms with Crippen molar-refractivity contribution in [2.75, 3.05) is 11.9 Å². The summed E-state index contributed by atoms with van der Waals surface area (Å²) in [5.74, 6) is 0.457. The summed E-state index contributed by atoms with van der Waals surface area (Å²) in [5.41, 5.74) is 3.08. The van der Waals surface area contributed by atoms with Crippen LogP contribution in [0.1, 0.15) is 17.3 Å². The van der Waals surface area contributed by atoms with Crippen LogP contribution in [-0.2, 0) is 0 Å². The van der Waals surface area contributed by atoms with Crippen molar-refractivity contribution in [2.45, 2.75) is 6.92 Å². The van der Waals surface area contributed by atoms with Crippen molar-refractivity contribution in [3.63, 3.8) is 0 Å². The molecule has 0 aliphatic carbocycles. The number of nitrogens with zero attached hydrogens (tertiary/aromatic N) is 4. The van der Waals surface area contributed by atoms with Gasteiger partial charge >= 0.3 is 0 Å². The Kier molecular flexibility index (Phi) is 4.90. The average molecular weight is 394 g/mol. The van der Waals surface area contributed by atoms with Crippen molar-refractivity contribution in [2.24, 2.45) is 0 Å². The smallest absolute Gasteiger partial charge is 0.258 e. The van der Waals surface area contributed by atoms with Crippen LogP contribution in [-0.4, -0.2) is 32.5 Å². The molecule has 4 rings (SSSR count). The summed E-state index contributed by atoms with van der Waals surface area (Å²) in [7, 11) is 0. The number of carbonyl (C=O) groups excluding carboxylic acids is 1. The highest BCUT2D eigenvalue weighted by Crippen LogP contribution is 2.20. The van der Waals surface area contributed by atoms with Crippen LogP contribution in [0, 0.1) is 0 Å². The van der Waals surface area contributed by atoms with Crippen molar-refractivity contribution >= 4 is 34.2 Å². The molecule has 0 aliphatic heterocycles. The third kappa shape index (κ3) is 3.65. The number of aromatic nitrogens is 4. The number of anilines is 1. The number of hydrogen-bond donors (Lipinski definition) is 1. The second-order valence-corrected chi connectivity index (χ2v) is 6.27. The lowest BCUT2D eigenvalue weighted by molar-refractivity contribution is 0.102. The Morgan fingerprint density at radius 1 is 1.11 bits per heavy atom. The van der Waals surface area contributed by atoms with Crippen molar-refractivity contribution in [3.05, 3.63) is 71.5 Å². The van der Waals surface area contributed by atoms with Crippen molar-refractivity contribution in [3.8, 4) is 11.4 Å². The van der Waals surface area contributed by atoms with Gasteiger partial charge in [-0.2, -0.15) is 4.80 Å². The molecule has 0 saturated heterocycles. The number of fused-ring (bicyclic) bond motifs is 1. The molecule has 8 heteroatoms. The van der Waals surface area contributed by atoms with Crippen LogP contribution >= 0.6 is 11.6 Å². The van der Waals surface area contributed by atoms with Crippen LogP contribution in [0.4, 0.5) is 5.69 Å². The maximum absolute atomic E-state index is 12.4. The fourth-order valence-corrected chi connectivity index (χ4v) is 2.91. The Morgan fingerprint density at radius 3 is 2.64 bits per heavy atom. The van der Waals surface area contributed by atoms with Gasteiger partial charge in [-0.05, 0) is 61.5 Å². The lowest BCUT2D eigenvalue weighted by Gasteiger charge is -2.05. The fraction of sp³-hybridized carbons (Fsp3) is 0.100. The SMILES string of the molecule is CCOc1ccc(-n2nc3ccc(NC(=O)c4cccnc4Cl)cc3n2)cc1. The summed E-state index contributed by atoms with van der Waals surface area (Å²) in [6.45, 7) is 2.55. The molecular formula is C20H16ClN5O2. The van der Waals surface area contributed by atoms with E-state index in [0.717, 1.165) is 11.4 Å². The van der Waals surface area contributed by atoms with Gasteiger partial charge in [-0.3, -0.25) is 4.79 Å². The predicted molar refractivity (Wildman–Crippen MR) is 107 cm³/mol. The van der Waals surface area contributed by atoms with Gasteiger partial charge in [-0.25, -0.2) is 4.98 Å². The van der Waals surface area contributed by atoms with E-state index in [1.54, 1.807) is 35.1 Å². The number of rotatable bonds is 5. The van der Waals surface area contributed by atoms with E-state index in [1.165, 1.54) is 6.20 Å². The van der Waals surface area contributed by atoms with Crippen LogP contribution in [0.5, 0.6) is 5.75 Å². The molecule has 140 valence electrons. The van der Waals surface area contributed by atoms with Crippen LogP contribution in [0.25, 0.3) is 16.7 Å². The second kappa shape index (κ2) is 7.66. The van der Waals surface area contributed by atoms with E-state index in [0.29, 0.717) is 28.9 Å². The molecule has 0 fully saturated rings. The topological polar surface area (TPSA) is 81.9 Å². The molecule has 0 spiro atoms. The largest absolute Gasteiger partial charge is 0.494 e. The molecule has 1 N–H and O–H groups in total. The van der Waals surface area contributed by atoms with Crippen LogP contribution < -0.4 is 10.1 Å². The second-order valence-electron chi connectivity index (χ2n) is 5.92. The molecule has 1 amide bonds. The van der Waals surface area contributed by atoms with E-state index in [1.807, 2.05) is 31.2 Å². The summed E-state index contributed by atoms with van der Waals surface area (Å²) in [4.78, 5) is 17.9. The molecule has 2 aromatic carbocycles. The highest BCUT2D eigenvalue weighted by atomic mass is 35.5. The number of amides is 1. The van der Waals surface area contributed by atoms with Crippen molar-refractivity contribution in [1.82, 2.24) is 20.0 Å². The molecule has 4 aromatic rings. The number of halogens is 1. The number of carbonyl (C=O) groups is 1. The number of hydrogen-bond acceptors (Lipinski definition) is 5. The van der Waals surface area contributed by atoms with Crippen LogP contribution in [0.2, 0.25) is 5.15 Å². The van der Waals surface area contributed by atoms with Crippen LogP contribution in [0.3, 0.4) is 0 Å². The van der Waals surface area contributed by atoms with Gasteiger partial charge in [0, 0.05) is 11.9 Å². The van der Waals surface area contributed by atoms with E-state index in [2.05, 4.69) is 20.5 Å². The first kappa shape index (κ1) is 17.9. The molecule has 0 atom stereocenters. The van der Waals surface area contributed by atoms with Gasteiger partial charge in [0.2, 0.25) is 0 Å². The highest BCUT2D eigenvalue weighted by molar-refractivity contribution is 6.33. The third-order valence-corrected chi connectivity index (χ3v) is 4.32. The first-order chi connectivity index (χ1) is 13.6. The van der Waals surface area contributed by atoms with Crippen LogP contribution in [0.15, 0.2) is 60.8 Å². The highest BCUT2D eigenvalue weighted by Gasteiger charge is 2.12. The zero-order valence-corrected chi connectivity index (χ0v) is 15.7. The summed E-state index contributed by atoms with van der Waals surface area (Å²) >= 11 is 5.98. The van der Waals surface area contributed by atoms with Crippen molar-refractivity contribution in [1.29, 1.82) is 0 Å². The number of ether oxygens (including phenoxy) is 1. The van der Waals surface area contributed by atoms with E-state index in [-0.39, 0.29) is 11.1 Å². The maximum atomic E-state index is 12.4. The Morgan fingerprint density at radius 2 is 1.89 bits per heavy atom. The Balaban J connectivity index is 1.58. The zero-order chi connectivity index (χ0) is 19.5. The minimum absolute atomic E-state index is 0.155. The first-order valence-electron chi connectivity index (χ1n) is 8.66. The van der Waals surface area contributed by atoms with Crippen molar-refractivity contribution < 1.29 is 9.53 Å². The molecule has 0 radical (unpaired) electrons. The molecule has 0 saturated carbocycles. The van der Waals surface area contributed by atoms with Gasteiger partial charge in [0.25, 0.3) is 5.91 Å². The summed E-state index contributed by atoms with van der Waals surface area (Å²) in [6.07, 6.45) is 1.53. The fourth-order valence-electron chi connectivity index (χ4n) is 2.70. The van der Waals surface area contributed by atoms with E-state index in [9.17, 15) is 4.79 Å². The zero-order valence-electron chi connectivity index (χ0n) is 15.0. The first-order valence-corrected chi connectivity index (χ1v) is 9.04. The Hall–Kier alpha value is -3.45. The summed E-state index contributed by atoms with van der Waals surface area (Å²) < 4.78 is 5.45. The van der Waals surface area contributed by atoms with Gasteiger partial charge in [-0.15, -0.1) is 10.2 Å². The molecule has 2 heterocycles. The Bertz CT molecular complexity index is 1140. The Labute approximate surface area is 165 Å². The minimum atomic E-state index is -0.337. The monoisotopic (exact) mass is 393 g/mol. The molecule has 7 nitrogen and oxygen atoms in total. The average Bonchev–Trinajstić information content (AvgIpc) is 3.12. The molecule has 0 bridgehead atoms. The minimum Gasteiger partial charge on any atom is -0.494 e. The van der Waals surface area contributed by atoms with Gasteiger partial charge < -0.3 is 10.1 Å². The lowest BCUT2D eigenvalue weighted by Crippen LogP contribution is -2.12. The normalized spacial score (nSPS) is 10.8. The number of benzene rings is 2. The van der Waals surface area contributed by atoms with E-state index < -0.39 is 0 Å². The maximum Gasteiger partial charge on any atom is 0.258 e. The number of nitrogens with one attached hydrogen (secondary N) is 1. The number of pyridine rings is 1. The lowest BCUT2D eigenvalue weighted by atomic mass is 10.2.